The summed E-state index contributed by atoms with van der Waals surface area (Å²) in [5.74, 6) is 0.840. The normalized spacial score (nSPS) is 22.8. The SMILES string of the molecule is CC[C@@H]1CCc2c(sc3c2C(=O)N[C@@H](c2ccc(Br)cc2)N3)C1. The fourth-order valence-electron chi connectivity index (χ4n) is 3.54. The summed E-state index contributed by atoms with van der Waals surface area (Å²) >= 11 is 5.23. The van der Waals surface area contributed by atoms with Crippen molar-refractivity contribution in [1.82, 2.24) is 5.32 Å². The topological polar surface area (TPSA) is 41.1 Å². The van der Waals surface area contributed by atoms with Gasteiger partial charge in [-0.3, -0.25) is 4.79 Å². The number of fused-ring (bicyclic) bond motifs is 3. The van der Waals surface area contributed by atoms with E-state index in [4.69, 9.17) is 0 Å². The zero-order chi connectivity index (χ0) is 16.0. The molecule has 0 spiro atoms. The smallest absolute Gasteiger partial charge is 0.256 e. The number of anilines is 1. The maximum atomic E-state index is 12.7. The molecule has 1 amide bonds. The molecular formula is C18H19BrN2OS. The third kappa shape index (κ3) is 2.70. The summed E-state index contributed by atoms with van der Waals surface area (Å²) in [5.41, 5.74) is 3.26. The minimum absolute atomic E-state index is 0.0686. The average molecular weight is 391 g/mol. The van der Waals surface area contributed by atoms with Crippen molar-refractivity contribution in [3.63, 3.8) is 0 Å². The fourth-order valence-corrected chi connectivity index (χ4v) is 5.19. The van der Waals surface area contributed by atoms with Crippen molar-refractivity contribution in [2.24, 2.45) is 5.92 Å². The Labute approximate surface area is 148 Å². The number of benzene rings is 1. The minimum atomic E-state index is -0.148. The average Bonchev–Trinajstić information content (AvgIpc) is 2.93. The van der Waals surface area contributed by atoms with Crippen LogP contribution >= 0.6 is 27.3 Å². The number of hydrogen-bond acceptors (Lipinski definition) is 3. The van der Waals surface area contributed by atoms with E-state index in [0.29, 0.717) is 0 Å². The molecule has 2 heterocycles. The molecule has 0 radical (unpaired) electrons. The Balaban J connectivity index is 1.66. The van der Waals surface area contributed by atoms with Crippen molar-refractivity contribution < 1.29 is 4.79 Å². The van der Waals surface area contributed by atoms with Crippen molar-refractivity contribution in [2.45, 2.75) is 38.8 Å². The molecule has 23 heavy (non-hydrogen) atoms. The number of halogens is 1. The first-order valence-electron chi connectivity index (χ1n) is 8.13. The Morgan fingerprint density at radius 2 is 2.04 bits per heavy atom. The number of amides is 1. The van der Waals surface area contributed by atoms with E-state index in [9.17, 15) is 4.79 Å². The van der Waals surface area contributed by atoms with Gasteiger partial charge in [-0.05, 0) is 48.4 Å². The minimum Gasteiger partial charge on any atom is -0.353 e. The highest BCUT2D eigenvalue weighted by Gasteiger charge is 2.33. The molecule has 1 aromatic carbocycles. The lowest BCUT2D eigenvalue weighted by atomic mass is 9.85. The van der Waals surface area contributed by atoms with Crippen LogP contribution in [0.2, 0.25) is 0 Å². The number of hydrogen-bond donors (Lipinski definition) is 2. The summed E-state index contributed by atoms with van der Waals surface area (Å²) in [6.45, 7) is 2.26. The Morgan fingerprint density at radius 1 is 1.26 bits per heavy atom. The largest absolute Gasteiger partial charge is 0.353 e. The molecule has 2 atom stereocenters. The Morgan fingerprint density at radius 3 is 2.78 bits per heavy atom. The van der Waals surface area contributed by atoms with Crippen molar-refractivity contribution in [3.8, 4) is 0 Å². The first kappa shape index (κ1) is 15.2. The predicted octanol–water partition coefficient (Wildman–Crippen LogP) is 4.88. The van der Waals surface area contributed by atoms with Crippen LogP contribution in [0, 0.1) is 5.92 Å². The van der Waals surface area contributed by atoms with Gasteiger partial charge in [0.15, 0.2) is 0 Å². The van der Waals surface area contributed by atoms with Gasteiger partial charge in [-0.15, -0.1) is 11.3 Å². The number of nitrogens with one attached hydrogen (secondary N) is 2. The van der Waals surface area contributed by atoms with Gasteiger partial charge in [-0.2, -0.15) is 0 Å². The number of rotatable bonds is 2. The Hall–Kier alpha value is -1.33. The molecule has 0 fully saturated rings. The Bertz CT molecular complexity index is 753. The lowest BCUT2D eigenvalue weighted by Crippen LogP contribution is -2.38. The van der Waals surface area contributed by atoms with Crippen LogP contribution in [0.4, 0.5) is 5.00 Å². The van der Waals surface area contributed by atoms with Crippen LogP contribution in [0.5, 0.6) is 0 Å². The lowest BCUT2D eigenvalue weighted by molar-refractivity contribution is 0.0935. The van der Waals surface area contributed by atoms with E-state index in [0.717, 1.165) is 39.4 Å². The molecule has 4 rings (SSSR count). The third-order valence-electron chi connectivity index (χ3n) is 4.93. The van der Waals surface area contributed by atoms with Crippen molar-refractivity contribution in [3.05, 3.63) is 50.3 Å². The monoisotopic (exact) mass is 390 g/mol. The molecule has 2 aliphatic rings. The maximum absolute atomic E-state index is 12.7. The van der Waals surface area contributed by atoms with Crippen LogP contribution in [0.3, 0.4) is 0 Å². The molecule has 1 aliphatic carbocycles. The van der Waals surface area contributed by atoms with Crippen LogP contribution in [0.15, 0.2) is 28.7 Å². The van der Waals surface area contributed by atoms with Crippen LogP contribution in [0.1, 0.15) is 52.3 Å². The van der Waals surface area contributed by atoms with E-state index in [2.05, 4.69) is 33.5 Å². The van der Waals surface area contributed by atoms with Crippen LogP contribution in [0.25, 0.3) is 0 Å². The van der Waals surface area contributed by atoms with Gasteiger partial charge in [0.25, 0.3) is 5.91 Å². The van der Waals surface area contributed by atoms with Crippen LogP contribution in [-0.2, 0) is 12.8 Å². The van der Waals surface area contributed by atoms with Gasteiger partial charge in [-0.25, -0.2) is 0 Å². The standard InChI is InChI=1S/C18H19BrN2OS/c1-2-10-3-8-13-14(9-10)23-18-15(13)17(22)20-16(21-18)11-4-6-12(19)7-5-11/h4-7,10,16,21H,2-3,8-9H2,1H3,(H,20,22)/t10-,16-/m1/s1. The molecule has 5 heteroatoms. The molecule has 0 bridgehead atoms. The van der Waals surface area contributed by atoms with Gasteiger partial charge in [0.1, 0.15) is 11.2 Å². The first-order valence-corrected chi connectivity index (χ1v) is 9.74. The first-order chi connectivity index (χ1) is 11.2. The molecule has 2 N–H and O–H groups in total. The summed E-state index contributed by atoms with van der Waals surface area (Å²) < 4.78 is 1.04. The molecule has 1 aliphatic heterocycles. The second-order valence-corrected chi connectivity index (χ2v) is 8.35. The van der Waals surface area contributed by atoms with Crippen LogP contribution in [-0.4, -0.2) is 5.91 Å². The maximum Gasteiger partial charge on any atom is 0.256 e. The molecule has 120 valence electrons. The Kier molecular flexibility index (Phi) is 3.93. The number of thiophene rings is 1. The second-order valence-electron chi connectivity index (χ2n) is 6.33. The highest BCUT2D eigenvalue weighted by atomic mass is 79.9. The van der Waals surface area contributed by atoms with Gasteiger partial charge in [0.2, 0.25) is 0 Å². The van der Waals surface area contributed by atoms with E-state index in [1.54, 1.807) is 11.3 Å². The molecule has 1 aromatic heterocycles. The third-order valence-corrected chi connectivity index (χ3v) is 6.64. The van der Waals surface area contributed by atoms with Crippen molar-refractivity contribution in [2.75, 3.05) is 5.32 Å². The molecule has 0 saturated carbocycles. The summed E-state index contributed by atoms with van der Waals surface area (Å²) in [7, 11) is 0. The highest BCUT2D eigenvalue weighted by molar-refractivity contribution is 9.10. The van der Waals surface area contributed by atoms with Crippen LogP contribution < -0.4 is 10.6 Å². The molecule has 2 aromatic rings. The number of carbonyl (C=O) groups excluding carboxylic acids is 1. The fraction of sp³-hybridized carbons (Fsp3) is 0.389. The predicted molar refractivity (Wildman–Crippen MR) is 98.1 cm³/mol. The van der Waals surface area contributed by atoms with Gasteiger partial charge in [0, 0.05) is 9.35 Å². The van der Waals surface area contributed by atoms with E-state index < -0.39 is 0 Å². The van der Waals surface area contributed by atoms with Gasteiger partial charge in [-0.1, -0.05) is 41.4 Å². The molecule has 0 saturated heterocycles. The van der Waals surface area contributed by atoms with E-state index in [-0.39, 0.29) is 12.1 Å². The van der Waals surface area contributed by atoms with Crippen molar-refractivity contribution >= 4 is 38.2 Å². The number of carbonyl (C=O) groups is 1. The van der Waals surface area contributed by atoms with E-state index >= 15 is 0 Å². The van der Waals surface area contributed by atoms with E-state index in [1.165, 1.54) is 23.3 Å². The molecular weight excluding hydrogens is 372 g/mol. The molecule has 0 unspecified atom stereocenters. The van der Waals surface area contributed by atoms with Gasteiger partial charge < -0.3 is 10.6 Å². The summed E-state index contributed by atoms with van der Waals surface area (Å²) in [6, 6.07) is 8.08. The quantitative estimate of drug-likeness (QED) is 0.766. The summed E-state index contributed by atoms with van der Waals surface area (Å²) in [4.78, 5) is 14.1. The zero-order valence-electron chi connectivity index (χ0n) is 13.0. The summed E-state index contributed by atoms with van der Waals surface area (Å²) in [5, 5.41) is 7.68. The summed E-state index contributed by atoms with van der Waals surface area (Å²) in [6.07, 6.45) is 4.45. The molecule has 3 nitrogen and oxygen atoms in total. The highest BCUT2D eigenvalue weighted by Crippen LogP contribution is 2.43. The lowest BCUT2D eigenvalue weighted by Gasteiger charge is -2.27. The van der Waals surface area contributed by atoms with Crippen molar-refractivity contribution in [1.29, 1.82) is 0 Å². The van der Waals surface area contributed by atoms with E-state index in [1.807, 2.05) is 24.3 Å². The van der Waals surface area contributed by atoms with Gasteiger partial charge in [0.05, 0.1) is 5.56 Å². The second kappa shape index (κ2) is 5.95. The van der Waals surface area contributed by atoms with Gasteiger partial charge >= 0.3 is 0 Å². The zero-order valence-corrected chi connectivity index (χ0v) is 15.4.